The Morgan fingerprint density at radius 1 is 1.30 bits per heavy atom. The van der Waals surface area contributed by atoms with Crippen molar-refractivity contribution < 1.29 is 4.39 Å². The van der Waals surface area contributed by atoms with Crippen LogP contribution in [0.5, 0.6) is 0 Å². The van der Waals surface area contributed by atoms with Crippen molar-refractivity contribution in [2.75, 3.05) is 0 Å². The second-order valence-electron chi connectivity index (χ2n) is 4.81. The van der Waals surface area contributed by atoms with Crippen LogP contribution in [0.2, 0.25) is 0 Å². The SMILES string of the molecule is C#C.C/C=C(\C=C(/C)F)c1ccn2ncc(C(C)C)c2n1.CC. The second-order valence-corrected chi connectivity index (χ2v) is 4.81. The van der Waals surface area contributed by atoms with E-state index in [2.05, 4.69) is 36.8 Å². The standard InChI is InChI=1S/C15H18FN3.C2H6.C2H2/c1-5-12(8-11(4)16)14-6-7-19-15(18-14)13(9-17-19)10(2)3;2*1-2/h5-10H,1-4H3;1-2H3;1-2H/b11-8+,12-5+;;. The molecule has 124 valence electrons. The number of terminal acetylenes is 1. The Hall–Kier alpha value is -2.41. The lowest BCUT2D eigenvalue weighted by Gasteiger charge is -2.05. The predicted molar refractivity (Wildman–Crippen MR) is 96.8 cm³/mol. The largest absolute Gasteiger partial charge is 0.228 e. The first-order valence-electron chi connectivity index (χ1n) is 7.71. The monoisotopic (exact) mass is 315 g/mol. The first-order valence-corrected chi connectivity index (χ1v) is 7.71. The highest BCUT2D eigenvalue weighted by Crippen LogP contribution is 2.22. The molecule has 2 aromatic rings. The summed E-state index contributed by atoms with van der Waals surface area (Å²) < 4.78 is 14.8. The molecule has 0 N–H and O–H groups in total. The fourth-order valence-corrected chi connectivity index (χ4v) is 1.97. The van der Waals surface area contributed by atoms with Crippen LogP contribution >= 0.6 is 0 Å². The first kappa shape index (κ1) is 20.6. The molecule has 0 saturated carbocycles. The molecule has 0 aliphatic heterocycles. The second kappa shape index (κ2) is 10.3. The zero-order chi connectivity index (χ0) is 18.0. The maximum atomic E-state index is 13.1. The number of rotatable bonds is 3. The van der Waals surface area contributed by atoms with E-state index in [0.29, 0.717) is 5.92 Å². The van der Waals surface area contributed by atoms with E-state index in [9.17, 15) is 4.39 Å². The molecular formula is C19H26FN3. The van der Waals surface area contributed by atoms with Crippen LogP contribution in [0.3, 0.4) is 0 Å². The molecule has 2 heterocycles. The van der Waals surface area contributed by atoms with E-state index in [4.69, 9.17) is 0 Å². The van der Waals surface area contributed by atoms with E-state index < -0.39 is 0 Å². The van der Waals surface area contributed by atoms with Crippen molar-refractivity contribution in [2.24, 2.45) is 0 Å². The van der Waals surface area contributed by atoms with Crippen molar-refractivity contribution in [3.63, 3.8) is 0 Å². The Balaban J connectivity index is 0.00000112. The number of hydrogen-bond acceptors (Lipinski definition) is 2. The quantitative estimate of drug-likeness (QED) is 0.560. The summed E-state index contributed by atoms with van der Waals surface area (Å²) in [5.41, 5.74) is 3.46. The fraction of sp³-hybridized carbons (Fsp3) is 0.368. The van der Waals surface area contributed by atoms with E-state index in [-0.39, 0.29) is 5.83 Å². The molecule has 0 atom stereocenters. The summed E-state index contributed by atoms with van der Waals surface area (Å²) in [6.45, 7) is 11.5. The molecule has 0 aromatic carbocycles. The van der Waals surface area contributed by atoms with Gasteiger partial charge in [0.05, 0.1) is 17.7 Å². The van der Waals surface area contributed by atoms with Crippen LogP contribution in [0, 0.1) is 12.8 Å². The number of nitrogens with zero attached hydrogens (tertiary/aromatic N) is 3. The summed E-state index contributed by atoms with van der Waals surface area (Å²) in [6, 6.07) is 1.85. The zero-order valence-electron chi connectivity index (χ0n) is 14.8. The molecule has 0 amide bonds. The summed E-state index contributed by atoms with van der Waals surface area (Å²) in [4.78, 5) is 4.60. The third kappa shape index (κ3) is 5.37. The van der Waals surface area contributed by atoms with Gasteiger partial charge in [0.2, 0.25) is 0 Å². The van der Waals surface area contributed by atoms with Crippen molar-refractivity contribution in [1.82, 2.24) is 14.6 Å². The first-order chi connectivity index (χ1) is 11.0. The summed E-state index contributed by atoms with van der Waals surface area (Å²) in [6.07, 6.45) is 15.0. The Morgan fingerprint density at radius 3 is 2.39 bits per heavy atom. The van der Waals surface area contributed by atoms with Crippen molar-refractivity contribution >= 4 is 11.2 Å². The van der Waals surface area contributed by atoms with Gasteiger partial charge in [0.15, 0.2) is 5.65 Å². The molecule has 0 bridgehead atoms. The minimum atomic E-state index is -0.229. The third-order valence-electron chi connectivity index (χ3n) is 2.98. The minimum absolute atomic E-state index is 0.229. The van der Waals surface area contributed by atoms with E-state index in [1.807, 2.05) is 45.3 Å². The third-order valence-corrected chi connectivity index (χ3v) is 2.98. The molecule has 2 rings (SSSR count). The summed E-state index contributed by atoms with van der Waals surface area (Å²) >= 11 is 0. The van der Waals surface area contributed by atoms with Crippen LogP contribution in [0.1, 0.15) is 58.7 Å². The Morgan fingerprint density at radius 2 is 1.91 bits per heavy atom. The van der Waals surface area contributed by atoms with Gasteiger partial charge in [-0.15, -0.1) is 12.8 Å². The highest BCUT2D eigenvalue weighted by Gasteiger charge is 2.10. The Bertz CT molecular complexity index is 687. The normalized spacial score (nSPS) is 11.6. The number of fused-ring (bicyclic) bond motifs is 1. The van der Waals surface area contributed by atoms with Crippen LogP contribution < -0.4 is 0 Å². The Labute approximate surface area is 138 Å². The van der Waals surface area contributed by atoms with Gasteiger partial charge in [-0.05, 0) is 37.5 Å². The molecule has 3 nitrogen and oxygen atoms in total. The number of allylic oxidation sites excluding steroid dienone is 4. The fourth-order valence-electron chi connectivity index (χ4n) is 1.97. The van der Waals surface area contributed by atoms with Crippen molar-refractivity contribution in [1.29, 1.82) is 0 Å². The molecule has 4 heteroatoms. The molecule has 23 heavy (non-hydrogen) atoms. The van der Waals surface area contributed by atoms with Crippen molar-refractivity contribution in [3.05, 3.63) is 47.7 Å². The smallest absolute Gasteiger partial charge is 0.159 e. The maximum Gasteiger partial charge on any atom is 0.159 e. The molecular weight excluding hydrogens is 289 g/mol. The molecule has 0 radical (unpaired) electrons. The summed E-state index contributed by atoms with van der Waals surface area (Å²) in [5, 5.41) is 4.27. The van der Waals surface area contributed by atoms with Gasteiger partial charge in [0.1, 0.15) is 0 Å². The van der Waals surface area contributed by atoms with Gasteiger partial charge in [-0.1, -0.05) is 33.8 Å². The highest BCUT2D eigenvalue weighted by molar-refractivity contribution is 5.72. The van der Waals surface area contributed by atoms with E-state index >= 15 is 0 Å². The van der Waals surface area contributed by atoms with E-state index in [1.165, 1.54) is 13.0 Å². The highest BCUT2D eigenvalue weighted by atomic mass is 19.1. The lowest BCUT2D eigenvalue weighted by atomic mass is 10.1. The lowest BCUT2D eigenvalue weighted by molar-refractivity contribution is 0.641. The van der Waals surface area contributed by atoms with Crippen LogP contribution in [0.25, 0.3) is 11.2 Å². The molecule has 0 aliphatic rings. The molecule has 0 saturated heterocycles. The topological polar surface area (TPSA) is 30.2 Å². The van der Waals surface area contributed by atoms with Gasteiger partial charge in [-0.25, -0.2) is 13.9 Å². The van der Waals surface area contributed by atoms with Crippen LogP contribution in [-0.4, -0.2) is 14.6 Å². The van der Waals surface area contributed by atoms with E-state index in [0.717, 1.165) is 22.5 Å². The van der Waals surface area contributed by atoms with Gasteiger partial charge in [0.25, 0.3) is 0 Å². The van der Waals surface area contributed by atoms with Gasteiger partial charge >= 0.3 is 0 Å². The Kier molecular flexibility index (Phi) is 9.26. The molecule has 0 unspecified atom stereocenters. The van der Waals surface area contributed by atoms with Gasteiger partial charge in [-0.2, -0.15) is 5.10 Å². The van der Waals surface area contributed by atoms with Crippen LogP contribution in [0.4, 0.5) is 4.39 Å². The number of hydrogen-bond donors (Lipinski definition) is 0. The van der Waals surface area contributed by atoms with Gasteiger partial charge in [0, 0.05) is 11.8 Å². The van der Waals surface area contributed by atoms with Crippen molar-refractivity contribution in [2.45, 2.75) is 47.5 Å². The summed E-state index contributed by atoms with van der Waals surface area (Å²) in [7, 11) is 0. The lowest BCUT2D eigenvalue weighted by Crippen LogP contribution is -1.96. The van der Waals surface area contributed by atoms with Gasteiger partial charge in [-0.3, -0.25) is 0 Å². The van der Waals surface area contributed by atoms with Crippen LogP contribution in [0.15, 0.2) is 36.4 Å². The van der Waals surface area contributed by atoms with E-state index in [1.54, 1.807) is 4.52 Å². The molecule has 0 fully saturated rings. The van der Waals surface area contributed by atoms with Gasteiger partial charge < -0.3 is 0 Å². The summed E-state index contributed by atoms with van der Waals surface area (Å²) in [5.74, 6) is 0.125. The van der Waals surface area contributed by atoms with Crippen LogP contribution in [-0.2, 0) is 0 Å². The molecule has 2 aromatic heterocycles. The molecule has 0 aliphatic carbocycles. The average Bonchev–Trinajstić information content (AvgIpc) is 2.99. The maximum absolute atomic E-state index is 13.1. The minimum Gasteiger partial charge on any atom is -0.228 e. The predicted octanol–water partition coefficient (Wildman–Crippen LogP) is 5.40. The zero-order valence-corrected chi connectivity index (χ0v) is 14.8. The average molecular weight is 315 g/mol. The van der Waals surface area contributed by atoms with Crippen molar-refractivity contribution in [3.8, 4) is 12.8 Å². The number of halogens is 1. The number of aromatic nitrogens is 3. The molecule has 0 spiro atoms.